The Labute approximate surface area is 184 Å². The molecule has 1 fully saturated rings. The van der Waals surface area contributed by atoms with E-state index in [4.69, 9.17) is 14.5 Å². The zero-order valence-electron chi connectivity index (χ0n) is 18.3. The fourth-order valence-electron chi connectivity index (χ4n) is 3.65. The molecule has 7 heteroatoms. The molecule has 0 amide bonds. The summed E-state index contributed by atoms with van der Waals surface area (Å²) in [5.41, 5.74) is 2.52. The minimum atomic E-state index is 0.455. The number of hydrogen-bond donors (Lipinski definition) is 2. The number of piperidine rings is 1. The van der Waals surface area contributed by atoms with Gasteiger partial charge in [-0.15, -0.1) is 0 Å². The van der Waals surface area contributed by atoms with E-state index in [9.17, 15) is 0 Å². The van der Waals surface area contributed by atoms with Crippen LogP contribution >= 0.6 is 11.3 Å². The van der Waals surface area contributed by atoms with E-state index in [0.29, 0.717) is 19.2 Å². The predicted octanol–water partition coefficient (Wildman–Crippen LogP) is 3.88. The molecule has 2 N–H and O–H groups in total. The minimum absolute atomic E-state index is 0.455. The summed E-state index contributed by atoms with van der Waals surface area (Å²) in [7, 11) is 1.66. The first-order valence-electron chi connectivity index (χ1n) is 10.8. The van der Waals surface area contributed by atoms with Crippen LogP contribution in [0.2, 0.25) is 0 Å². The normalized spacial score (nSPS) is 15.8. The average Bonchev–Trinajstić information content (AvgIpc) is 3.27. The fourth-order valence-corrected chi connectivity index (χ4v) is 4.31. The molecule has 0 aliphatic carbocycles. The summed E-state index contributed by atoms with van der Waals surface area (Å²) in [6.07, 6.45) is 2.26. The monoisotopic (exact) mass is 430 g/mol. The van der Waals surface area contributed by atoms with E-state index < -0.39 is 0 Å². The maximum atomic E-state index is 5.68. The summed E-state index contributed by atoms with van der Waals surface area (Å²) in [6, 6.07) is 8.67. The molecule has 3 rings (SSSR count). The van der Waals surface area contributed by atoms with Gasteiger partial charge in [0.05, 0.1) is 20.3 Å². The number of ether oxygens (including phenoxy) is 2. The Hall–Kier alpha value is -2.25. The van der Waals surface area contributed by atoms with Crippen LogP contribution in [-0.4, -0.2) is 50.3 Å². The molecule has 0 spiro atoms. The van der Waals surface area contributed by atoms with Gasteiger partial charge in [-0.3, -0.25) is 4.90 Å². The number of benzene rings is 1. The van der Waals surface area contributed by atoms with Crippen LogP contribution in [0.4, 0.5) is 0 Å². The zero-order chi connectivity index (χ0) is 21.2. The van der Waals surface area contributed by atoms with E-state index >= 15 is 0 Å². The van der Waals surface area contributed by atoms with E-state index in [1.54, 1.807) is 18.4 Å². The molecule has 0 atom stereocenters. The molecular formula is C23H34N4O2S. The van der Waals surface area contributed by atoms with Crippen LogP contribution in [0.1, 0.15) is 37.8 Å². The minimum Gasteiger partial charge on any atom is -0.493 e. The maximum absolute atomic E-state index is 5.68. The van der Waals surface area contributed by atoms with Gasteiger partial charge in [0.2, 0.25) is 0 Å². The Bertz CT molecular complexity index is 787. The summed E-state index contributed by atoms with van der Waals surface area (Å²) in [5.74, 6) is 2.40. The lowest BCUT2D eigenvalue weighted by atomic mass is 10.0. The molecule has 1 aromatic carbocycles. The van der Waals surface area contributed by atoms with Crippen LogP contribution in [0, 0.1) is 0 Å². The molecule has 1 aliphatic rings. The Kier molecular flexibility index (Phi) is 8.83. The van der Waals surface area contributed by atoms with Gasteiger partial charge in [-0.1, -0.05) is 6.07 Å². The lowest BCUT2D eigenvalue weighted by Crippen LogP contribution is -2.48. The summed E-state index contributed by atoms with van der Waals surface area (Å²) < 4.78 is 11.1. The highest BCUT2D eigenvalue weighted by atomic mass is 32.1. The summed E-state index contributed by atoms with van der Waals surface area (Å²) in [5, 5.41) is 11.4. The van der Waals surface area contributed by atoms with E-state index in [-0.39, 0.29) is 0 Å². The van der Waals surface area contributed by atoms with Crippen LogP contribution in [0.25, 0.3) is 0 Å². The average molecular weight is 431 g/mol. The third-order valence-corrected chi connectivity index (χ3v) is 5.94. The zero-order valence-corrected chi connectivity index (χ0v) is 19.1. The second-order valence-corrected chi connectivity index (χ2v) is 8.22. The Morgan fingerprint density at radius 3 is 2.67 bits per heavy atom. The van der Waals surface area contributed by atoms with Crippen molar-refractivity contribution in [3.05, 3.63) is 46.2 Å². The van der Waals surface area contributed by atoms with Gasteiger partial charge < -0.3 is 20.1 Å². The number of thiophene rings is 1. The van der Waals surface area contributed by atoms with Gasteiger partial charge in [0.1, 0.15) is 0 Å². The van der Waals surface area contributed by atoms with Crippen LogP contribution in [0.15, 0.2) is 40.0 Å². The van der Waals surface area contributed by atoms with E-state index in [1.165, 1.54) is 5.56 Å². The highest BCUT2D eigenvalue weighted by molar-refractivity contribution is 7.07. The molecule has 0 bridgehead atoms. The van der Waals surface area contributed by atoms with Crippen molar-refractivity contribution in [3.8, 4) is 11.5 Å². The van der Waals surface area contributed by atoms with Gasteiger partial charge >= 0.3 is 0 Å². The van der Waals surface area contributed by atoms with Crippen molar-refractivity contribution >= 4 is 17.3 Å². The van der Waals surface area contributed by atoms with Crippen molar-refractivity contribution in [2.75, 3.05) is 33.4 Å². The summed E-state index contributed by atoms with van der Waals surface area (Å²) >= 11 is 1.77. The van der Waals surface area contributed by atoms with Crippen molar-refractivity contribution in [2.45, 2.75) is 45.8 Å². The first kappa shape index (κ1) is 22.4. The number of likely N-dealkylation sites (tertiary alicyclic amines) is 1. The third kappa shape index (κ3) is 6.64. The number of aliphatic imine (C=N–C) groups is 1. The first-order chi connectivity index (χ1) is 14.7. The fraction of sp³-hybridized carbons (Fsp3) is 0.522. The Morgan fingerprint density at radius 2 is 2.00 bits per heavy atom. The molecule has 30 heavy (non-hydrogen) atoms. The van der Waals surface area contributed by atoms with Crippen molar-refractivity contribution < 1.29 is 9.47 Å². The number of methoxy groups -OCH3 is 1. The lowest BCUT2D eigenvalue weighted by molar-refractivity contribution is 0.198. The van der Waals surface area contributed by atoms with Crippen molar-refractivity contribution in [1.82, 2.24) is 15.5 Å². The van der Waals surface area contributed by atoms with E-state index in [2.05, 4.69) is 39.3 Å². The first-order valence-corrected chi connectivity index (χ1v) is 11.7. The van der Waals surface area contributed by atoms with Crippen molar-refractivity contribution in [2.24, 2.45) is 4.99 Å². The Morgan fingerprint density at radius 1 is 1.17 bits per heavy atom. The SMILES string of the molecule is CCNC(=NCc1ccc(OC)c(OCC)c1)NC1CCN(Cc2ccsc2)CC1. The smallest absolute Gasteiger partial charge is 0.191 e. The van der Waals surface area contributed by atoms with Crippen LogP contribution < -0.4 is 20.1 Å². The molecule has 164 valence electrons. The van der Waals surface area contributed by atoms with Gasteiger partial charge in [-0.2, -0.15) is 11.3 Å². The molecular weight excluding hydrogens is 396 g/mol. The predicted molar refractivity (Wildman–Crippen MR) is 125 cm³/mol. The lowest BCUT2D eigenvalue weighted by Gasteiger charge is -2.33. The third-order valence-electron chi connectivity index (χ3n) is 5.21. The second kappa shape index (κ2) is 11.8. The van der Waals surface area contributed by atoms with E-state index in [0.717, 1.165) is 62.0 Å². The number of nitrogens with zero attached hydrogens (tertiary/aromatic N) is 2. The van der Waals surface area contributed by atoms with Gasteiger partial charge in [-0.05, 0) is 66.8 Å². The number of nitrogens with one attached hydrogen (secondary N) is 2. The van der Waals surface area contributed by atoms with Gasteiger partial charge in [0.25, 0.3) is 0 Å². The van der Waals surface area contributed by atoms with Crippen LogP contribution in [0.5, 0.6) is 11.5 Å². The van der Waals surface area contributed by atoms with Crippen molar-refractivity contribution in [1.29, 1.82) is 0 Å². The van der Waals surface area contributed by atoms with Gasteiger partial charge in [-0.25, -0.2) is 4.99 Å². The molecule has 1 aliphatic heterocycles. The molecule has 2 heterocycles. The molecule has 0 unspecified atom stereocenters. The molecule has 0 radical (unpaired) electrons. The highest BCUT2D eigenvalue weighted by Gasteiger charge is 2.20. The molecule has 1 saturated heterocycles. The number of rotatable bonds is 9. The summed E-state index contributed by atoms with van der Waals surface area (Å²) in [6.45, 7) is 9.41. The second-order valence-electron chi connectivity index (χ2n) is 7.44. The summed E-state index contributed by atoms with van der Waals surface area (Å²) in [4.78, 5) is 7.34. The van der Waals surface area contributed by atoms with Crippen LogP contribution in [-0.2, 0) is 13.1 Å². The van der Waals surface area contributed by atoms with Crippen molar-refractivity contribution in [3.63, 3.8) is 0 Å². The molecule has 2 aromatic rings. The highest BCUT2D eigenvalue weighted by Crippen LogP contribution is 2.28. The maximum Gasteiger partial charge on any atom is 0.191 e. The molecule has 0 saturated carbocycles. The quantitative estimate of drug-likeness (QED) is 0.467. The number of guanidine groups is 1. The standard InChI is InChI=1S/C23H34N4O2S/c1-4-24-23(25-15-18-6-7-21(28-3)22(14-18)29-5-2)26-20-8-11-27(12-9-20)16-19-10-13-30-17-19/h6-7,10,13-14,17,20H,4-5,8-9,11-12,15-16H2,1-3H3,(H2,24,25,26). The van der Waals surface area contributed by atoms with Crippen LogP contribution in [0.3, 0.4) is 0 Å². The molecule has 6 nitrogen and oxygen atoms in total. The topological polar surface area (TPSA) is 58.1 Å². The largest absolute Gasteiger partial charge is 0.493 e. The number of hydrogen-bond acceptors (Lipinski definition) is 5. The Balaban J connectivity index is 1.54. The molecule has 1 aromatic heterocycles. The van der Waals surface area contributed by atoms with Gasteiger partial charge in [0.15, 0.2) is 17.5 Å². The van der Waals surface area contributed by atoms with E-state index in [1.807, 2.05) is 25.1 Å². The van der Waals surface area contributed by atoms with Gasteiger partial charge in [0, 0.05) is 32.2 Å².